The Morgan fingerprint density at radius 1 is 1.62 bits per heavy atom. The maximum atomic E-state index is 11.4. The highest BCUT2D eigenvalue weighted by Crippen LogP contribution is 2.17. The van der Waals surface area contributed by atoms with Crippen molar-refractivity contribution in [1.29, 1.82) is 0 Å². The van der Waals surface area contributed by atoms with E-state index < -0.39 is 0 Å². The Morgan fingerprint density at radius 3 is 3.06 bits per heavy atom. The molecule has 5 nitrogen and oxygen atoms in total. The molecule has 0 saturated heterocycles. The van der Waals surface area contributed by atoms with Crippen LogP contribution in [0.1, 0.15) is 20.9 Å². The molecule has 0 saturated carbocycles. The number of thiophene rings is 1. The molecule has 2 aromatic heterocycles. The van der Waals surface area contributed by atoms with Crippen molar-refractivity contribution in [2.75, 3.05) is 0 Å². The summed E-state index contributed by atoms with van der Waals surface area (Å²) >= 11 is 1.38. The Hall–Kier alpha value is -1.66. The zero-order valence-electron chi connectivity index (χ0n) is 8.80. The minimum atomic E-state index is -0.256. The summed E-state index contributed by atoms with van der Waals surface area (Å²) in [5, 5.41) is 6.14. The zero-order valence-corrected chi connectivity index (χ0v) is 9.62. The molecule has 16 heavy (non-hydrogen) atoms. The number of carbonyl (C=O) groups is 1. The minimum absolute atomic E-state index is 0.256. The first-order valence-corrected chi connectivity index (χ1v) is 5.66. The number of nitrogen functional groups attached to an aromatic ring is 1. The van der Waals surface area contributed by atoms with Crippen LogP contribution in [0.4, 0.5) is 0 Å². The highest BCUT2D eigenvalue weighted by molar-refractivity contribution is 7.12. The molecule has 1 amide bonds. The van der Waals surface area contributed by atoms with Crippen molar-refractivity contribution in [3.63, 3.8) is 0 Å². The van der Waals surface area contributed by atoms with Gasteiger partial charge >= 0.3 is 0 Å². The molecule has 0 spiro atoms. The third kappa shape index (κ3) is 2.12. The van der Waals surface area contributed by atoms with Crippen LogP contribution in [0.25, 0.3) is 0 Å². The lowest BCUT2D eigenvalue weighted by Gasteiger charge is -2.02. The average Bonchev–Trinajstić information content (AvgIpc) is 2.87. The number of nitrogens with two attached hydrogens (primary N) is 1. The molecule has 2 rings (SSSR count). The Balaban J connectivity index is 2.22. The summed E-state index contributed by atoms with van der Waals surface area (Å²) in [5.41, 5.74) is 4.03. The van der Waals surface area contributed by atoms with E-state index in [1.54, 1.807) is 4.68 Å². The van der Waals surface area contributed by atoms with Crippen LogP contribution in [0.5, 0.6) is 0 Å². The van der Waals surface area contributed by atoms with Gasteiger partial charge in [-0.25, -0.2) is 5.84 Å². The number of hydrogen-bond donors (Lipinski definition) is 2. The van der Waals surface area contributed by atoms with Crippen LogP contribution in [-0.4, -0.2) is 15.7 Å². The lowest BCUT2D eigenvalue weighted by atomic mass is 10.2. The van der Waals surface area contributed by atoms with Gasteiger partial charge in [-0.3, -0.25) is 14.9 Å². The predicted octanol–water partition coefficient (Wildman–Crippen LogP) is 0.905. The molecule has 3 N–H and O–H groups in total. The van der Waals surface area contributed by atoms with Gasteiger partial charge < -0.3 is 0 Å². The Morgan fingerprint density at radius 2 is 2.44 bits per heavy atom. The first-order chi connectivity index (χ1) is 7.70. The molecule has 0 bridgehead atoms. The van der Waals surface area contributed by atoms with Crippen molar-refractivity contribution < 1.29 is 4.79 Å². The molecule has 0 radical (unpaired) electrons. The lowest BCUT2D eigenvalue weighted by Crippen LogP contribution is -2.30. The second kappa shape index (κ2) is 4.46. The van der Waals surface area contributed by atoms with E-state index in [9.17, 15) is 4.79 Å². The molecular formula is C10H12N4OS. The number of nitrogens with zero attached hydrogens (tertiary/aromatic N) is 2. The van der Waals surface area contributed by atoms with E-state index in [-0.39, 0.29) is 5.91 Å². The van der Waals surface area contributed by atoms with Crippen molar-refractivity contribution in [2.45, 2.75) is 13.5 Å². The average molecular weight is 236 g/mol. The van der Waals surface area contributed by atoms with E-state index in [0.717, 1.165) is 11.3 Å². The van der Waals surface area contributed by atoms with Gasteiger partial charge in [-0.2, -0.15) is 5.10 Å². The number of hydrogen-bond acceptors (Lipinski definition) is 4. The van der Waals surface area contributed by atoms with E-state index in [1.807, 2.05) is 30.6 Å². The summed E-state index contributed by atoms with van der Waals surface area (Å²) < 4.78 is 1.80. The summed E-state index contributed by atoms with van der Waals surface area (Å²) in [5.74, 6) is 4.86. The summed E-state index contributed by atoms with van der Waals surface area (Å²) in [6.07, 6.45) is 1.89. The Bertz CT molecular complexity index is 502. The number of amides is 1. The van der Waals surface area contributed by atoms with Gasteiger partial charge in [0.15, 0.2) is 0 Å². The van der Waals surface area contributed by atoms with Crippen LogP contribution in [0.3, 0.4) is 0 Å². The zero-order chi connectivity index (χ0) is 11.5. The fourth-order valence-electron chi connectivity index (χ4n) is 1.45. The third-order valence-electron chi connectivity index (χ3n) is 2.19. The van der Waals surface area contributed by atoms with Crippen molar-refractivity contribution in [1.82, 2.24) is 15.2 Å². The van der Waals surface area contributed by atoms with Gasteiger partial charge in [0.2, 0.25) is 0 Å². The fraction of sp³-hybridized carbons (Fsp3) is 0.200. The molecule has 2 aromatic rings. The topological polar surface area (TPSA) is 72.9 Å². The van der Waals surface area contributed by atoms with Crippen molar-refractivity contribution in [2.24, 2.45) is 5.84 Å². The molecule has 0 fully saturated rings. The highest BCUT2D eigenvalue weighted by Gasteiger charge is 2.12. The number of aromatic nitrogens is 2. The van der Waals surface area contributed by atoms with Crippen molar-refractivity contribution >= 4 is 17.2 Å². The van der Waals surface area contributed by atoms with Crippen LogP contribution in [0.2, 0.25) is 0 Å². The molecule has 2 heterocycles. The number of nitrogens with one attached hydrogen (secondary N) is 1. The fourth-order valence-corrected chi connectivity index (χ4v) is 2.27. The highest BCUT2D eigenvalue weighted by atomic mass is 32.1. The number of aryl methyl sites for hydroxylation is 1. The summed E-state index contributed by atoms with van der Waals surface area (Å²) in [6, 6.07) is 3.83. The van der Waals surface area contributed by atoms with Crippen LogP contribution in [0, 0.1) is 6.92 Å². The monoisotopic (exact) mass is 236 g/mol. The van der Waals surface area contributed by atoms with Gasteiger partial charge in [-0.15, -0.1) is 11.3 Å². The van der Waals surface area contributed by atoms with Crippen molar-refractivity contribution in [3.8, 4) is 0 Å². The standard InChI is InChI=1S/C10H12N4OS/c1-7-2-4-14(13-7)6-8-3-5-16-9(8)10(15)12-11/h2-5H,6,11H2,1H3,(H,12,15). The predicted molar refractivity (Wildman–Crippen MR) is 62.0 cm³/mol. The van der Waals surface area contributed by atoms with E-state index in [4.69, 9.17) is 5.84 Å². The van der Waals surface area contributed by atoms with E-state index in [2.05, 4.69) is 10.5 Å². The maximum Gasteiger partial charge on any atom is 0.275 e. The summed E-state index contributed by atoms with van der Waals surface area (Å²) in [6.45, 7) is 2.51. The minimum Gasteiger partial charge on any atom is -0.289 e. The number of rotatable bonds is 3. The van der Waals surface area contributed by atoms with Gasteiger partial charge in [0.25, 0.3) is 5.91 Å². The van der Waals surface area contributed by atoms with E-state index >= 15 is 0 Å². The van der Waals surface area contributed by atoms with Gasteiger partial charge in [-0.1, -0.05) is 0 Å². The quantitative estimate of drug-likeness (QED) is 0.472. The maximum absolute atomic E-state index is 11.4. The van der Waals surface area contributed by atoms with Crippen molar-refractivity contribution in [3.05, 3.63) is 39.8 Å². The number of carbonyl (C=O) groups excluding carboxylic acids is 1. The van der Waals surface area contributed by atoms with Gasteiger partial charge in [0.05, 0.1) is 17.1 Å². The second-order valence-electron chi connectivity index (χ2n) is 3.40. The molecular weight excluding hydrogens is 224 g/mol. The SMILES string of the molecule is Cc1ccn(Cc2ccsc2C(=O)NN)n1. The van der Waals surface area contributed by atoms with Gasteiger partial charge in [0, 0.05) is 6.20 Å². The first-order valence-electron chi connectivity index (χ1n) is 4.78. The molecule has 0 aromatic carbocycles. The molecule has 0 aliphatic heterocycles. The first kappa shape index (κ1) is 10.8. The van der Waals surface area contributed by atoms with Crippen LogP contribution in [-0.2, 0) is 6.54 Å². The molecule has 0 aliphatic carbocycles. The van der Waals surface area contributed by atoms with E-state index in [0.29, 0.717) is 11.4 Å². The Labute approximate surface area is 96.9 Å². The second-order valence-corrected chi connectivity index (χ2v) is 4.32. The smallest absolute Gasteiger partial charge is 0.275 e. The van der Waals surface area contributed by atoms with Crippen LogP contribution >= 0.6 is 11.3 Å². The van der Waals surface area contributed by atoms with Gasteiger partial charge in [0.1, 0.15) is 0 Å². The summed E-state index contributed by atoms with van der Waals surface area (Å²) in [7, 11) is 0. The Kier molecular flexibility index (Phi) is 3.02. The van der Waals surface area contributed by atoms with E-state index in [1.165, 1.54) is 11.3 Å². The summed E-state index contributed by atoms with van der Waals surface area (Å²) in [4.78, 5) is 12.1. The largest absolute Gasteiger partial charge is 0.289 e. The normalized spacial score (nSPS) is 10.4. The molecule has 0 atom stereocenters. The molecule has 6 heteroatoms. The molecule has 0 aliphatic rings. The number of hydrazine groups is 1. The lowest BCUT2D eigenvalue weighted by molar-refractivity contribution is 0.0956. The molecule has 0 unspecified atom stereocenters. The molecule has 84 valence electrons. The van der Waals surface area contributed by atoms with Gasteiger partial charge in [-0.05, 0) is 30.0 Å². The third-order valence-corrected chi connectivity index (χ3v) is 3.15. The van der Waals surface area contributed by atoms with Crippen LogP contribution in [0.15, 0.2) is 23.7 Å². The van der Waals surface area contributed by atoms with Crippen LogP contribution < -0.4 is 11.3 Å².